The minimum Gasteiger partial charge on any atom is -0.497 e. The highest BCUT2D eigenvalue weighted by molar-refractivity contribution is 6.31. The summed E-state index contributed by atoms with van der Waals surface area (Å²) in [6.07, 6.45) is 8.25. The Bertz CT molecular complexity index is 1200. The van der Waals surface area contributed by atoms with Crippen LogP contribution in [0.1, 0.15) is 18.2 Å². The van der Waals surface area contributed by atoms with Crippen LogP contribution >= 0.6 is 11.6 Å². The lowest BCUT2D eigenvalue weighted by Crippen LogP contribution is -2.52. The fourth-order valence-corrected chi connectivity index (χ4v) is 3.29. The van der Waals surface area contributed by atoms with Crippen LogP contribution in [0.25, 0.3) is 17.3 Å². The van der Waals surface area contributed by atoms with Crippen LogP contribution in [0.5, 0.6) is 0 Å². The van der Waals surface area contributed by atoms with E-state index < -0.39 is 17.8 Å². The van der Waals surface area contributed by atoms with Gasteiger partial charge in [-0.15, -0.1) is 0 Å². The highest BCUT2D eigenvalue weighted by Crippen LogP contribution is 2.25. The molecule has 33 heavy (non-hydrogen) atoms. The molecule has 170 valence electrons. The van der Waals surface area contributed by atoms with E-state index in [9.17, 15) is 14.4 Å². The maximum absolute atomic E-state index is 12.7. The maximum atomic E-state index is 12.7. The van der Waals surface area contributed by atoms with Crippen LogP contribution in [0.2, 0.25) is 5.02 Å². The molecule has 0 unspecified atom stereocenters. The van der Waals surface area contributed by atoms with Gasteiger partial charge in [0.05, 0.1) is 18.5 Å². The van der Waals surface area contributed by atoms with E-state index in [1.54, 1.807) is 53.4 Å². The molecule has 2 heterocycles. The molecular weight excluding hydrogens is 444 g/mol. The molecule has 1 saturated heterocycles. The molecule has 0 N–H and O–H groups in total. The number of amides is 4. The van der Waals surface area contributed by atoms with Crippen LogP contribution in [0.4, 0.5) is 4.79 Å². The minimum absolute atomic E-state index is 0.136. The Balaban J connectivity index is 2.16. The Morgan fingerprint density at radius 2 is 1.67 bits per heavy atom. The van der Waals surface area contributed by atoms with Gasteiger partial charge in [0, 0.05) is 30.9 Å². The zero-order valence-corrected chi connectivity index (χ0v) is 19.5. The lowest BCUT2D eigenvalue weighted by molar-refractivity contribution is -0.134. The second-order valence-corrected chi connectivity index (χ2v) is 7.69. The summed E-state index contributed by atoms with van der Waals surface area (Å²) in [5.74, 6) is -0.794. The molecule has 1 aromatic carbocycles. The highest BCUT2D eigenvalue weighted by atomic mass is 35.5. The van der Waals surface area contributed by atoms with Gasteiger partial charge in [0.2, 0.25) is 0 Å². The molecule has 3 rings (SSSR count). The van der Waals surface area contributed by atoms with E-state index in [1.807, 2.05) is 6.92 Å². The van der Waals surface area contributed by atoms with Crippen molar-refractivity contribution in [3.63, 3.8) is 0 Å². The smallest absolute Gasteiger partial charge is 0.333 e. The predicted octanol–water partition coefficient (Wildman–Crippen LogP) is 4.08. The Hall–Kier alpha value is -3.91. The average molecular weight is 467 g/mol. The lowest BCUT2D eigenvalue weighted by atomic mass is 10.0. The first-order chi connectivity index (χ1) is 15.7. The van der Waals surface area contributed by atoms with Gasteiger partial charge in [0.1, 0.15) is 11.3 Å². The number of ether oxygens (including phenoxy) is 1. The normalized spacial score (nSPS) is 15.3. The van der Waals surface area contributed by atoms with E-state index in [4.69, 9.17) is 16.3 Å². The summed E-state index contributed by atoms with van der Waals surface area (Å²) in [6, 6.07) is 6.39. The minimum atomic E-state index is -0.683. The Morgan fingerprint density at radius 3 is 2.21 bits per heavy atom. The van der Waals surface area contributed by atoms with E-state index in [-0.39, 0.29) is 5.57 Å². The maximum Gasteiger partial charge on any atom is 0.333 e. The van der Waals surface area contributed by atoms with E-state index in [2.05, 4.69) is 11.7 Å². The first-order valence-electron chi connectivity index (χ1n) is 9.90. The summed E-state index contributed by atoms with van der Waals surface area (Å²) in [6.45, 7) is 5.53. The van der Waals surface area contributed by atoms with Crippen LogP contribution < -0.4 is 0 Å². The van der Waals surface area contributed by atoms with Crippen molar-refractivity contribution in [1.82, 2.24) is 19.6 Å². The number of hydrogen-bond acceptors (Lipinski definition) is 5. The lowest BCUT2D eigenvalue weighted by Gasteiger charge is -2.28. The summed E-state index contributed by atoms with van der Waals surface area (Å²) >= 11 is 6.00. The van der Waals surface area contributed by atoms with Crippen LogP contribution in [-0.4, -0.2) is 58.6 Å². The van der Waals surface area contributed by atoms with E-state index >= 15 is 0 Å². The van der Waals surface area contributed by atoms with Crippen molar-refractivity contribution in [3.05, 3.63) is 82.9 Å². The molecule has 9 heteroatoms. The number of carbonyl (C=O) groups excluding carboxylic acids is 3. The molecule has 0 radical (unpaired) electrons. The predicted molar refractivity (Wildman–Crippen MR) is 126 cm³/mol. The third-order valence-corrected chi connectivity index (χ3v) is 5.34. The molecule has 0 aliphatic carbocycles. The number of allylic oxidation sites excluding steroid dienone is 4. The Morgan fingerprint density at radius 1 is 1.06 bits per heavy atom. The molecule has 1 fully saturated rings. The Labute approximate surface area is 196 Å². The molecule has 1 aliphatic rings. The van der Waals surface area contributed by atoms with Gasteiger partial charge in [-0.3, -0.25) is 19.4 Å². The van der Waals surface area contributed by atoms with Crippen LogP contribution in [0.15, 0.2) is 66.6 Å². The van der Waals surface area contributed by atoms with E-state index in [0.717, 1.165) is 21.1 Å². The number of aromatic nitrogens is 2. The van der Waals surface area contributed by atoms with Crippen LogP contribution in [0, 0.1) is 0 Å². The molecule has 8 nitrogen and oxygen atoms in total. The molecule has 0 atom stereocenters. The summed E-state index contributed by atoms with van der Waals surface area (Å²) in [5.41, 5.74) is 2.42. The number of halogens is 1. The van der Waals surface area contributed by atoms with Gasteiger partial charge in [0.25, 0.3) is 11.8 Å². The number of likely N-dealkylation sites (N-methyl/N-ethyl adjacent to an activating group) is 2. The van der Waals surface area contributed by atoms with Crippen molar-refractivity contribution in [2.45, 2.75) is 6.92 Å². The summed E-state index contributed by atoms with van der Waals surface area (Å²) in [7, 11) is 4.20. The molecule has 4 amide bonds. The van der Waals surface area contributed by atoms with Crippen molar-refractivity contribution < 1.29 is 19.1 Å². The van der Waals surface area contributed by atoms with Crippen molar-refractivity contribution in [2.24, 2.45) is 0 Å². The van der Waals surface area contributed by atoms with Gasteiger partial charge >= 0.3 is 6.03 Å². The van der Waals surface area contributed by atoms with E-state index in [1.165, 1.54) is 27.3 Å². The number of urea groups is 1. The average Bonchev–Trinajstić information content (AvgIpc) is 3.24. The molecular formula is C24H23ClN4O4. The standard InChI is InChI=1S/C24H23ClN4O4/c1-6-19(33-5)12-7-15(2)21-16(14-29(26-21)18-10-8-17(25)9-11-18)13-20-22(30)27(3)24(32)28(4)23(20)31/h6-14H,1H2,2-5H3/b15-7+,19-12+. The molecule has 2 aromatic rings. The van der Waals surface area contributed by atoms with Gasteiger partial charge in [-0.05, 0) is 55.0 Å². The fraction of sp³-hybridized carbons (Fsp3) is 0.167. The highest BCUT2D eigenvalue weighted by Gasteiger charge is 2.38. The fourth-order valence-electron chi connectivity index (χ4n) is 3.16. The first-order valence-corrected chi connectivity index (χ1v) is 10.3. The van der Waals surface area contributed by atoms with Crippen molar-refractivity contribution in [3.8, 4) is 5.69 Å². The number of barbiturate groups is 1. The zero-order chi connectivity index (χ0) is 24.3. The Kier molecular flexibility index (Phi) is 6.98. The zero-order valence-electron chi connectivity index (χ0n) is 18.7. The number of carbonyl (C=O) groups is 3. The number of rotatable bonds is 6. The summed E-state index contributed by atoms with van der Waals surface area (Å²) in [5, 5.41) is 5.24. The van der Waals surface area contributed by atoms with Gasteiger partial charge in [0.15, 0.2) is 0 Å². The molecule has 1 aliphatic heterocycles. The number of hydrogen-bond donors (Lipinski definition) is 0. The summed E-state index contributed by atoms with van der Waals surface area (Å²) in [4.78, 5) is 39.2. The third kappa shape index (κ3) is 4.80. The molecule has 0 saturated carbocycles. The third-order valence-electron chi connectivity index (χ3n) is 5.09. The van der Waals surface area contributed by atoms with Crippen molar-refractivity contribution in [2.75, 3.05) is 21.2 Å². The quantitative estimate of drug-likeness (QED) is 0.277. The van der Waals surface area contributed by atoms with E-state index in [0.29, 0.717) is 22.0 Å². The number of benzene rings is 1. The van der Waals surface area contributed by atoms with Gasteiger partial charge in [-0.1, -0.05) is 24.3 Å². The topological polar surface area (TPSA) is 84.7 Å². The number of nitrogens with zero attached hydrogens (tertiary/aromatic N) is 4. The largest absolute Gasteiger partial charge is 0.497 e. The molecule has 0 spiro atoms. The van der Waals surface area contributed by atoms with Crippen molar-refractivity contribution >= 4 is 41.1 Å². The van der Waals surface area contributed by atoms with Crippen LogP contribution in [0.3, 0.4) is 0 Å². The van der Waals surface area contributed by atoms with Gasteiger partial charge in [-0.2, -0.15) is 5.10 Å². The SMILES string of the molecule is C=C/C(=C\C=C(/C)c1nn(-c2ccc(Cl)cc2)cc1C=C1C(=O)N(C)C(=O)N(C)C1=O)OC. The second kappa shape index (κ2) is 9.70. The number of imide groups is 2. The van der Waals surface area contributed by atoms with Crippen molar-refractivity contribution in [1.29, 1.82) is 0 Å². The number of methoxy groups -OCH3 is 1. The van der Waals surface area contributed by atoms with Gasteiger partial charge in [-0.25, -0.2) is 9.48 Å². The second-order valence-electron chi connectivity index (χ2n) is 7.25. The monoisotopic (exact) mass is 466 g/mol. The van der Waals surface area contributed by atoms with Crippen LogP contribution in [-0.2, 0) is 14.3 Å². The van der Waals surface area contributed by atoms with Gasteiger partial charge < -0.3 is 4.74 Å². The molecule has 1 aromatic heterocycles. The molecule has 0 bridgehead atoms. The first kappa shape index (κ1) is 23.7. The summed E-state index contributed by atoms with van der Waals surface area (Å²) < 4.78 is 6.83.